The summed E-state index contributed by atoms with van der Waals surface area (Å²) < 4.78 is 21.4. The summed E-state index contributed by atoms with van der Waals surface area (Å²) >= 11 is 0. The number of benzene rings is 1. The van der Waals surface area contributed by atoms with Crippen LogP contribution in [0.4, 0.5) is 0 Å². The number of esters is 1. The van der Waals surface area contributed by atoms with Crippen LogP contribution in [0.25, 0.3) is 0 Å². The van der Waals surface area contributed by atoms with Crippen molar-refractivity contribution < 1.29 is 69.4 Å². The van der Waals surface area contributed by atoms with Gasteiger partial charge in [-0.1, -0.05) is 6.08 Å². The van der Waals surface area contributed by atoms with Crippen molar-refractivity contribution in [3.8, 4) is 17.2 Å². The third-order valence-corrected chi connectivity index (χ3v) is 6.11. The maximum Gasteiger partial charge on any atom is 0.338 e. The van der Waals surface area contributed by atoms with E-state index in [1.165, 1.54) is 6.08 Å². The standard InChI is InChI=1S/C23H28O14/c1-2-10-11(3-4-34-21(33)9-5-13(25)16(27)14(26)6-9)12(20(31)32)8-35-22(10)37-23-19(30)18(29)17(28)15(7-24)36-23/h2,5-6,8,10-11,15,17-19,22-30H,1,3-4,7H2,(H,31,32)/t10-,11+,15-,17+,18+,19+,22+,23-/m0/s1. The van der Waals surface area contributed by atoms with E-state index in [0.717, 1.165) is 18.4 Å². The molecule has 8 atom stereocenters. The number of ether oxygens (including phenoxy) is 4. The van der Waals surface area contributed by atoms with Gasteiger partial charge < -0.3 is 59.8 Å². The van der Waals surface area contributed by atoms with E-state index >= 15 is 0 Å². The second-order valence-corrected chi connectivity index (χ2v) is 8.42. The van der Waals surface area contributed by atoms with Crippen molar-refractivity contribution in [1.29, 1.82) is 0 Å². The summed E-state index contributed by atoms with van der Waals surface area (Å²) in [5.41, 5.74) is -0.465. The maximum absolute atomic E-state index is 12.3. The Bertz CT molecular complexity index is 1010. The van der Waals surface area contributed by atoms with Crippen LogP contribution in [0.15, 0.2) is 36.6 Å². The Morgan fingerprint density at radius 2 is 1.68 bits per heavy atom. The van der Waals surface area contributed by atoms with Gasteiger partial charge in [0.05, 0.1) is 30.6 Å². The number of aliphatic carboxylic acids is 1. The first-order valence-corrected chi connectivity index (χ1v) is 11.1. The van der Waals surface area contributed by atoms with Crippen LogP contribution in [0.5, 0.6) is 17.2 Å². The third kappa shape index (κ3) is 5.95. The van der Waals surface area contributed by atoms with Crippen molar-refractivity contribution in [3.63, 3.8) is 0 Å². The zero-order chi connectivity index (χ0) is 27.4. The topological polar surface area (TPSA) is 233 Å². The Morgan fingerprint density at radius 1 is 1.03 bits per heavy atom. The van der Waals surface area contributed by atoms with E-state index < -0.39 is 84.6 Å². The van der Waals surface area contributed by atoms with Gasteiger partial charge in [0.25, 0.3) is 0 Å². The molecule has 14 nitrogen and oxygen atoms in total. The SMILES string of the molecule is C=C[C@@H]1[C@@H](O[C@@H]2O[C@@H](CO)[C@@H](O)[C@@H](O)[C@H]2O)OC=C(C(=O)O)[C@@H]1CCOC(=O)c1cc(O)c(O)c(O)c1. The van der Waals surface area contributed by atoms with Crippen molar-refractivity contribution in [1.82, 2.24) is 0 Å². The Morgan fingerprint density at radius 3 is 2.24 bits per heavy atom. The Balaban J connectivity index is 1.72. The molecule has 0 bridgehead atoms. The molecule has 1 fully saturated rings. The van der Waals surface area contributed by atoms with E-state index in [9.17, 15) is 50.4 Å². The number of aliphatic hydroxyl groups is 4. The van der Waals surface area contributed by atoms with Crippen molar-refractivity contribution in [3.05, 3.63) is 42.2 Å². The van der Waals surface area contributed by atoms with Crippen LogP contribution in [0.3, 0.4) is 0 Å². The van der Waals surface area contributed by atoms with Crippen LogP contribution in [0, 0.1) is 11.8 Å². The molecule has 0 aliphatic carbocycles. The number of aromatic hydroxyl groups is 3. The minimum Gasteiger partial charge on any atom is -0.504 e. The highest BCUT2D eigenvalue weighted by Gasteiger charge is 2.47. The minimum absolute atomic E-state index is 0.0749. The van der Waals surface area contributed by atoms with Gasteiger partial charge in [0.15, 0.2) is 23.5 Å². The molecule has 0 radical (unpaired) electrons. The lowest BCUT2D eigenvalue weighted by Gasteiger charge is -2.43. The molecular weight excluding hydrogens is 500 g/mol. The van der Waals surface area contributed by atoms with Gasteiger partial charge in [-0.15, -0.1) is 6.58 Å². The number of carbonyl (C=O) groups is 2. The summed E-state index contributed by atoms with van der Waals surface area (Å²) in [6.07, 6.45) is -6.96. The van der Waals surface area contributed by atoms with E-state index in [1.807, 2.05) is 0 Å². The molecule has 14 heteroatoms. The number of hydrogen-bond donors (Lipinski definition) is 8. The average molecular weight is 528 g/mol. The maximum atomic E-state index is 12.3. The van der Waals surface area contributed by atoms with Gasteiger partial charge in [-0.05, 0) is 18.6 Å². The summed E-state index contributed by atoms with van der Waals surface area (Å²) in [5, 5.41) is 77.7. The first-order chi connectivity index (χ1) is 17.5. The number of carboxylic acid groups (broad SMARTS) is 1. The Hall–Kier alpha value is -3.40. The highest BCUT2D eigenvalue weighted by molar-refractivity contribution is 5.91. The van der Waals surface area contributed by atoms with E-state index in [0.29, 0.717) is 0 Å². The van der Waals surface area contributed by atoms with Gasteiger partial charge >= 0.3 is 11.9 Å². The predicted molar refractivity (Wildman–Crippen MR) is 119 cm³/mol. The van der Waals surface area contributed by atoms with Crippen LogP contribution in [0.1, 0.15) is 16.8 Å². The molecule has 37 heavy (non-hydrogen) atoms. The molecule has 0 saturated carbocycles. The first-order valence-electron chi connectivity index (χ1n) is 11.1. The van der Waals surface area contributed by atoms with Crippen molar-refractivity contribution in [2.75, 3.05) is 13.2 Å². The van der Waals surface area contributed by atoms with Crippen LogP contribution >= 0.6 is 0 Å². The Kier molecular flexibility index (Phi) is 8.96. The molecule has 1 saturated heterocycles. The fourth-order valence-electron chi connectivity index (χ4n) is 4.07. The van der Waals surface area contributed by atoms with Gasteiger partial charge in [0.2, 0.25) is 6.29 Å². The smallest absolute Gasteiger partial charge is 0.338 e. The zero-order valence-corrected chi connectivity index (χ0v) is 19.3. The van der Waals surface area contributed by atoms with Gasteiger partial charge in [-0.25, -0.2) is 9.59 Å². The van der Waals surface area contributed by atoms with E-state index in [4.69, 9.17) is 18.9 Å². The molecule has 3 rings (SSSR count). The van der Waals surface area contributed by atoms with Gasteiger partial charge in [-0.3, -0.25) is 0 Å². The van der Waals surface area contributed by atoms with Gasteiger partial charge in [0.1, 0.15) is 24.4 Å². The number of carbonyl (C=O) groups excluding carboxylic acids is 1. The summed E-state index contributed by atoms with van der Waals surface area (Å²) in [6, 6.07) is 1.76. The van der Waals surface area contributed by atoms with Crippen LogP contribution in [0.2, 0.25) is 0 Å². The molecule has 0 unspecified atom stereocenters. The zero-order valence-electron chi connectivity index (χ0n) is 19.3. The highest BCUT2D eigenvalue weighted by atomic mass is 16.8. The molecular formula is C23H28O14. The molecule has 8 N–H and O–H groups in total. The van der Waals surface area contributed by atoms with Crippen LogP contribution in [-0.4, -0.2) is 103 Å². The second-order valence-electron chi connectivity index (χ2n) is 8.42. The lowest BCUT2D eigenvalue weighted by Crippen LogP contribution is -2.60. The van der Waals surface area contributed by atoms with Crippen molar-refractivity contribution >= 4 is 11.9 Å². The monoisotopic (exact) mass is 528 g/mol. The molecule has 1 aromatic rings. The predicted octanol–water partition coefficient (Wildman–Crippen LogP) is -1.09. The van der Waals surface area contributed by atoms with Crippen molar-refractivity contribution in [2.45, 2.75) is 43.4 Å². The number of phenolic OH excluding ortho intramolecular Hbond substituents is 3. The largest absolute Gasteiger partial charge is 0.504 e. The molecule has 2 aliphatic rings. The summed E-state index contributed by atoms with van der Waals surface area (Å²) in [7, 11) is 0. The molecule has 2 heterocycles. The van der Waals surface area contributed by atoms with E-state index in [2.05, 4.69) is 6.58 Å². The normalized spacial score (nSPS) is 31.6. The van der Waals surface area contributed by atoms with Crippen LogP contribution < -0.4 is 0 Å². The number of aliphatic hydroxyl groups excluding tert-OH is 4. The van der Waals surface area contributed by atoms with Gasteiger partial charge in [0, 0.05) is 11.8 Å². The third-order valence-electron chi connectivity index (χ3n) is 6.11. The average Bonchev–Trinajstić information content (AvgIpc) is 2.86. The highest BCUT2D eigenvalue weighted by Crippen LogP contribution is 2.38. The first kappa shape index (κ1) is 28.2. The molecule has 2 aliphatic heterocycles. The number of rotatable bonds is 9. The molecule has 1 aromatic carbocycles. The summed E-state index contributed by atoms with van der Waals surface area (Å²) in [4.78, 5) is 24.1. The molecule has 0 amide bonds. The summed E-state index contributed by atoms with van der Waals surface area (Å²) in [6.45, 7) is 2.66. The number of carboxylic acids is 1. The number of hydrogen-bond acceptors (Lipinski definition) is 13. The van der Waals surface area contributed by atoms with Crippen LogP contribution in [-0.2, 0) is 23.7 Å². The fraction of sp³-hybridized carbons (Fsp3) is 0.478. The lowest BCUT2D eigenvalue weighted by molar-refractivity contribution is -0.339. The second kappa shape index (κ2) is 11.8. The van der Waals surface area contributed by atoms with E-state index in [1.54, 1.807) is 0 Å². The molecule has 0 aromatic heterocycles. The van der Waals surface area contributed by atoms with Crippen molar-refractivity contribution in [2.24, 2.45) is 11.8 Å². The minimum atomic E-state index is -1.73. The quantitative estimate of drug-likeness (QED) is 0.108. The van der Waals surface area contributed by atoms with E-state index in [-0.39, 0.29) is 24.2 Å². The Labute approximate surface area is 209 Å². The lowest BCUT2D eigenvalue weighted by atomic mass is 9.82. The van der Waals surface area contributed by atoms with Gasteiger partial charge in [-0.2, -0.15) is 0 Å². The fourth-order valence-corrected chi connectivity index (χ4v) is 4.07. The summed E-state index contributed by atoms with van der Waals surface area (Å²) in [5.74, 6) is -6.36. The molecule has 0 spiro atoms. The molecule has 204 valence electrons. The number of phenols is 3.